The lowest BCUT2D eigenvalue weighted by Gasteiger charge is -2.38. The third kappa shape index (κ3) is 5.40. The molecule has 0 spiro atoms. The number of hydrogen-bond donors (Lipinski definition) is 1. The van der Waals surface area contributed by atoms with E-state index in [1.807, 2.05) is 0 Å². The average Bonchev–Trinajstić information content (AvgIpc) is 2.51. The molecule has 1 fully saturated rings. The zero-order valence-corrected chi connectivity index (χ0v) is 13.6. The van der Waals surface area contributed by atoms with Crippen molar-refractivity contribution in [2.75, 3.05) is 0 Å². The predicted octanol–water partition coefficient (Wildman–Crippen LogP) is 6.45. The fourth-order valence-electron chi connectivity index (χ4n) is 3.08. The first-order chi connectivity index (χ1) is 11.8. The van der Waals surface area contributed by atoms with Gasteiger partial charge in [-0.3, -0.25) is 0 Å². The van der Waals surface area contributed by atoms with Gasteiger partial charge in [0.05, 0.1) is 0 Å². The molecule has 0 heterocycles. The van der Waals surface area contributed by atoms with Crippen LogP contribution < -0.4 is 0 Å². The number of aliphatic hydroxyl groups is 1. The van der Waals surface area contributed by atoms with Crippen molar-refractivity contribution >= 4 is 0 Å². The maximum absolute atomic E-state index is 13.1. The number of alkyl halides is 6. The highest BCUT2D eigenvalue weighted by molar-refractivity contribution is 5.07. The number of allylic oxidation sites excluding steroid dienone is 3. The van der Waals surface area contributed by atoms with Crippen molar-refractivity contribution in [2.45, 2.75) is 62.9 Å². The number of hydrogen-bond acceptors (Lipinski definition) is 1. The largest absolute Gasteiger partial charge is 0.426 e. The number of rotatable bonds is 6. The van der Waals surface area contributed by atoms with Gasteiger partial charge in [0.25, 0.3) is 5.60 Å². The molecule has 1 saturated carbocycles. The molecule has 10 heteroatoms. The summed E-state index contributed by atoms with van der Waals surface area (Å²) in [5, 5.41) is 9.39. The van der Waals surface area contributed by atoms with Gasteiger partial charge in [0.15, 0.2) is 5.83 Å². The molecule has 0 amide bonds. The Morgan fingerprint density at radius 2 is 1.42 bits per heavy atom. The quantitative estimate of drug-likeness (QED) is 0.403. The number of halogens is 9. The minimum atomic E-state index is -6.21. The molecule has 26 heavy (non-hydrogen) atoms. The van der Waals surface area contributed by atoms with Crippen molar-refractivity contribution < 1.29 is 44.6 Å². The van der Waals surface area contributed by atoms with E-state index in [1.54, 1.807) is 0 Å². The van der Waals surface area contributed by atoms with E-state index in [4.69, 9.17) is 0 Å². The van der Waals surface area contributed by atoms with Crippen molar-refractivity contribution in [3.63, 3.8) is 0 Å². The van der Waals surface area contributed by atoms with Crippen molar-refractivity contribution in [1.29, 1.82) is 0 Å². The van der Waals surface area contributed by atoms with E-state index >= 15 is 0 Å². The highest BCUT2D eigenvalue weighted by Crippen LogP contribution is 2.50. The van der Waals surface area contributed by atoms with Gasteiger partial charge < -0.3 is 5.11 Å². The highest BCUT2D eigenvalue weighted by Gasteiger charge is 2.73. The van der Waals surface area contributed by atoms with Gasteiger partial charge in [0.2, 0.25) is 0 Å². The molecule has 1 unspecified atom stereocenters. The Kier molecular flexibility index (Phi) is 7.62. The summed E-state index contributed by atoms with van der Waals surface area (Å²) < 4.78 is 115. The zero-order chi connectivity index (χ0) is 20.2. The van der Waals surface area contributed by atoms with Gasteiger partial charge in [-0.2, -0.15) is 35.1 Å². The first-order valence-electron chi connectivity index (χ1n) is 8.02. The second kappa shape index (κ2) is 8.67. The van der Waals surface area contributed by atoms with Crippen LogP contribution in [-0.4, -0.2) is 23.1 Å². The molecule has 0 saturated heterocycles. The SMILES string of the molecule is OC(C(CC=CC1CCCCC1)CC(F)=C(F)F)(C(F)(F)F)C(F)(F)F. The van der Waals surface area contributed by atoms with Crippen molar-refractivity contribution in [2.24, 2.45) is 11.8 Å². The van der Waals surface area contributed by atoms with E-state index in [0.717, 1.165) is 25.3 Å². The Labute approximate surface area is 144 Å². The lowest BCUT2D eigenvalue weighted by atomic mass is 9.80. The molecule has 152 valence electrons. The molecule has 0 bridgehead atoms. The molecule has 1 nitrogen and oxygen atoms in total. The van der Waals surface area contributed by atoms with Crippen LogP contribution in [0.25, 0.3) is 0 Å². The second-order valence-electron chi connectivity index (χ2n) is 6.39. The van der Waals surface area contributed by atoms with Crippen LogP contribution in [0.3, 0.4) is 0 Å². The molecular formula is C16H19F9O. The van der Waals surface area contributed by atoms with Gasteiger partial charge in [-0.15, -0.1) is 0 Å². The van der Waals surface area contributed by atoms with Gasteiger partial charge in [-0.1, -0.05) is 31.4 Å². The van der Waals surface area contributed by atoms with Crippen LogP contribution in [0.15, 0.2) is 24.1 Å². The van der Waals surface area contributed by atoms with Crippen LogP contribution in [-0.2, 0) is 0 Å². The summed E-state index contributed by atoms with van der Waals surface area (Å²) in [5.74, 6) is -5.33. The molecule has 0 aromatic rings. The van der Waals surface area contributed by atoms with Crippen LogP contribution >= 0.6 is 0 Å². The molecule has 0 aromatic carbocycles. The molecular weight excluding hydrogens is 379 g/mol. The van der Waals surface area contributed by atoms with Gasteiger partial charge in [-0.25, -0.2) is 4.39 Å². The maximum Gasteiger partial charge on any atom is 0.426 e. The molecule has 0 aliphatic heterocycles. The summed E-state index contributed by atoms with van der Waals surface area (Å²) in [6.07, 6.45) is -11.9. The lowest BCUT2D eigenvalue weighted by Crippen LogP contribution is -2.61. The normalized spacial score (nSPS) is 19.0. The van der Waals surface area contributed by atoms with Crippen LogP contribution in [0, 0.1) is 11.8 Å². The molecule has 1 aliphatic rings. The highest BCUT2D eigenvalue weighted by atomic mass is 19.4. The Balaban J connectivity index is 3.13. The fraction of sp³-hybridized carbons (Fsp3) is 0.750. The van der Waals surface area contributed by atoms with Crippen LogP contribution in [0.5, 0.6) is 0 Å². The lowest BCUT2D eigenvalue weighted by molar-refractivity contribution is -0.384. The topological polar surface area (TPSA) is 20.2 Å². The first-order valence-corrected chi connectivity index (χ1v) is 8.02. The minimum absolute atomic E-state index is 0.0485. The van der Waals surface area contributed by atoms with E-state index in [0.29, 0.717) is 12.8 Å². The van der Waals surface area contributed by atoms with Crippen LogP contribution in [0.4, 0.5) is 39.5 Å². The van der Waals surface area contributed by atoms with E-state index in [9.17, 15) is 44.6 Å². The van der Waals surface area contributed by atoms with Gasteiger partial charge >= 0.3 is 18.4 Å². The van der Waals surface area contributed by atoms with E-state index < -0.39 is 48.6 Å². The van der Waals surface area contributed by atoms with Crippen molar-refractivity contribution in [3.8, 4) is 0 Å². The zero-order valence-electron chi connectivity index (χ0n) is 13.6. The molecule has 0 aromatic heterocycles. The van der Waals surface area contributed by atoms with Crippen LogP contribution in [0.1, 0.15) is 44.9 Å². The second-order valence-corrected chi connectivity index (χ2v) is 6.39. The molecule has 1 rings (SSSR count). The third-order valence-electron chi connectivity index (χ3n) is 4.56. The summed E-state index contributed by atoms with van der Waals surface area (Å²) in [7, 11) is 0. The summed E-state index contributed by atoms with van der Waals surface area (Å²) in [6.45, 7) is 0. The summed E-state index contributed by atoms with van der Waals surface area (Å²) >= 11 is 0. The standard InChI is InChI=1S/C16H19F9O/c17-12(13(18)19)9-11(8-4-7-10-5-2-1-3-6-10)14(26,15(20,21)22)16(23,24)25/h4,7,10-11,26H,1-3,5-6,8-9H2. The van der Waals surface area contributed by atoms with Crippen molar-refractivity contribution in [3.05, 3.63) is 24.1 Å². The fourth-order valence-corrected chi connectivity index (χ4v) is 3.08. The Bertz CT molecular complexity index is 495. The first kappa shape index (κ1) is 22.9. The average molecular weight is 398 g/mol. The smallest absolute Gasteiger partial charge is 0.373 e. The Morgan fingerprint density at radius 3 is 1.85 bits per heavy atom. The van der Waals surface area contributed by atoms with E-state index in [2.05, 4.69) is 0 Å². The Morgan fingerprint density at radius 1 is 0.923 bits per heavy atom. The van der Waals surface area contributed by atoms with Gasteiger partial charge in [-0.05, 0) is 25.2 Å². The minimum Gasteiger partial charge on any atom is -0.373 e. The Hall–Kier alpha value is -1.19. The van der Waals surface area contributed by atoms with Crippen molar-refractivity contribution in [1.82, 2.24) is 0 Å². The molecule has 1 N–H and O–H groups in total. The van der Waals surface area contributed by atoms with E-state index in [1.165, 1.54) is 6.08 Å². The van der Waals surface area contributed by atoms with Gasteiger partial charge in [0, 0.05) is 12.3 Å². The third-order valence-corrected chi connectivity index (χ3v) is 4.56. The molecule has 1 atom stereocenters. The molecule has 0 radical (unpaired) electrons. The monoisotopic (exact) mass is 398 g/mol. The summed E-state index contributed by atoms with van der Waals surface area (Å²) in [6, 6.07) is 0. The molecule has 1 aliphatic carbocycles. The van der Waals surface area contributed by atoms with Gasteiger partial charge in [0.1, 0.15) is 0 Å². The predicted molar refractivity (Wildman–Crippen MR) is 75.8 cm³/mol. The van der Waals surface area contributed by atoms with Crippen LogP contribution in [0.2, 0.25) is 0 Å². The maximum atomic E-state index is 13.1. The summed E-state index contributed by atoms with van der Waals surface area (Å²) in [4.78, 5) is 0. The summed E-state index contributed by atoms with van der Waals surface area (Å²) in [5.41, 5.74) is -5.30. The van der Waals surface area contributed by atoms with E-state index in [-0.39, 0.29) is 5.92 Å².